The maximum Gasteiger partial charge on any atom is 0.227 e. The molecule has 0 spiro atoms. The molecule has 0 radical (unpaired) electrons. The molecule has 3 N–H and O–H groups in total. The Hall–Kier alpha value is -2.77. The number of methoxy groups -OCH3 is 2. The van der Waals surface area contributed by atoms with Crippen molar-refractivity contribution in [2.45, 2.75) is 26.2 Å². The summed E-state index contributed by atoms with van der Waals surface area (Å²) in [6, 6.07) is 3.60. The molecule has 8 nitrogen and oxygen atoms in total. The molecule has 0 atom stereocenters. The highest BCUT2D eigenvalue weighted by Gasteiger charge is 2.26. The number of fused-ring (bicyclic) bond motifs is 1. The van der Waals surface area contributed by atoms with Crippen molar-refractivity contribution in [1.82, 2.24) is 15.3 Å². The number of ether oxygens (including phenoxy) is 2. The largest absolute Gasteiger partial charge is 0.493 e. The number of nitrogens with one attached hydrogen (secondary N) is 1. The lowest BCUT2D eigenvalue weighted by molar-refractivity contribution is -0.125. The lowest BCUT2D eigenvalue weighted by atomic mass is 9.96. The minimum atomic E-state index is 0.0509. The first-order valence-electron chi connectivity index (χ1n) is 9.29. The Morgan fingerprint density at radius 1 is 1.22 bits per heavy atom. The standard InChI is InChI=1S/C19H27N5O3/c1-4-7-21-18(25)12-5-8-24(9-6-12)19-22-14-11-16(27-3)15(26-2)10-13(14)17(20)23-19/h10-12H,4-9H2,1-3H3,(H,21,25)(H2,20,22,23). The average Bonchev–Trinajstić information content (AvgIpc) is 2.71. The predicted octanol–water partition coefficient (Wildman–Crippen LogP) is 1.97. The fraction of sp³-hybridized carbons (Fsp3) is 0.526. The van der Waals surface area contributed by atoms with Crippen LogP contribution in [0.2, 0.25) is 0 Å². The van der Waals surface area contributed by atoms with E-state index in [4.69, 9.17) is 15.2 Å². The van der Waals surface area contributed by atoms with Gasteiger partial charge in [-0.1, -0.05) is 6.92 Å². The van der Waals surface area contributed by atoms with Gasteiger partial charge in [-0.15, -0.1) is 0 Å². The fourth-order valence-corrected chi connectivity index (χ4v) is 3.34. The van der Waals surface area contributed by atoms with Crippen molar-refractivity contribution in [3.8, 4) is 11.5 Å². The molecule has 0 saturated carbocycles. The van der Waals surface area contributed by atoms with Crippen LogP contribution in [0.3, 0.4) is 0 Å². The van der Waals surface area contributed by atoms with Crippen LogP contribution >= 0.6 is 0 Å². The summed E-state index contributed by atoms with van der Waals surface area (Å²) >= 11 is 0. The topological polar surface area (TPSA) is 103 Å². The van der Waals surface area contributed by atoms with Gasteiger partial charge in [0.2, 0.25) is 11.9 Å². The molecule has 0 bridgehead atoms. The van der Waals surface area contributed by atoms with Gasteiger partial charge < -0.3 is 25.4 Å². The molecule has 2 heterocycles. The van der Waals surface area contributed by atoms with Crippen LogP contribution in [0.15, 0.2) is 12.1 Å². The summed E-state index contributed by atoms with van der Waals surface area (Å²) in [6.07, 6.45) is 2.51. The summed E-state index contributed by atoms with van der Waals surface area (Å²) < 4.78 is 10.7. The second kappa shape index (κ2) is 8.28. The van der Waals surface area contributed by atoms with Crippen molar-refractivity contribution in [3.63, 3.8) is 0 Å². The fourth-order valence-electron chi connectivity index (χ4n) is 3.34. The maximum atomic E-state index is 12.2. The molecule has 1 aromatic carbocycles. The SMILES string of the molecule is CCCNC(=O)C1CCN(c2nc(N)c3cc(OC)c(OC)cc3n2)CC1. The summed E-state index contributed by atoms with van der Waals surface area (Å²) in [6.45, 7) is 4.23. The minimum Gasteiger partial charge on any atom is -0.493 e. The third-order valence-corrected chi connectivity index (χ3v) is 4.92. The van der Waals surface area contributed by atoms with Gasteiger partial charge in [0.1, 0.15) is 5.82 Å². The molecule has 1 aliphatic heterocycles. The summed E-state index contributed by atoms with van der Waals surface area (Å²) in [5.74, 6) is 2.37. The lowest BCUT2D eigenvalue weighted by Crippen LogP contribution is -2.41. The number of piperidine rings is 1. The first-order chi connectivity index (χ1) is 13.1. The van der Waals surface area contributed by atoms with Crippen molar-refractivity contribution in [2.75, 3.05) is 44.5 Å². The average molecular weight is 373 g/mol. The highest BCUT2D eigenvalue weighted by atomic mass is 16.5. The predicted molar refractivity (Wildman–Crippen MR) is 105 cm³/mol. The Bertz CT molecular complexity index is 819. The molecule has 2 aromatic rings. The Balaban J connectivity index is 1.79. The molecular formula is C19H27N5O3. The monoisotopic (exact) mass is 373 g/mol. The molecule has 1 fully saturated rings. The van der Waals surface area contributed by atoms with Gasteiger partial charge in [0, 0.05) is 37.0 Å². The van der Waals surface area contributed by atoms with Gasteiger partial charge >= 0.3 is 0 Å². The van der Waals surface area contributed by atoms with Crippen LogP contribution in [0.25, 0.3) is 10.9 Å². The van der Waals surface area contributed by atoms with E-state index >= 15 is 0 Å². The third kappa shape index (κ3) is 3.99. The molecule has 1 aromatic heterocycles. The van der Waals surface area contributed by atoms with Gasteiger partial charge in [-0.3, -0.25) is 4.79 Å². The van der Waals surface area contributed by atoms with Crippen molar-refractivity contribution in [1.29, 1.82) is 0 Å². The lowest BCUT2D eigenvalue weighted by Gasteiger charge is -2.31. The Labute approximate surface area is 159 Å². The van der Waals surface area contributed by atoms with Gasteiger partial charge in [0.05, 0.1) is 19.7 Å². The van der Waals surface area contributed by atoms with Gasteiger partial charge in [-0.2, -0.15) is 4.98 Å². The highest BCUT2D eigenvalue weighted by Crippen LogP contribution is 2.34. The Morgan fingerprint density at radius 3 is 2.52 bits per heavy atom. The van der Waals surface area contributed by atoms with Gasteiger partial charge in [0.25, 0.3) is 0 Å². The second-order valence-electron chi connectivity index (χ2n) is 6.69. The number of nitrogens with two attached hydrogens (primary N) is 1. The van der Waals surface area contributed by atoms with E-state index < -0.39 is 0 Å². The van der Waals surface area contributed by atoms with E-state index in [2.05, 4.69) is 27.1 Å². The Kier molecular flexibility index (Phi) is 5.83. The van der Waals surface area contributed by atoms with E-state index in [0.717, 1.165) is 44.3 Å². The molecule has 0 aliphatic carbocycles. The van der Waals surface area contributed by atoms with Crippen molar-refractivity contribution in [2.24, 2.45) is 5.92 Å². The number of rotatable bonds is 6. The van der Waals surface area contributed by atoms with E-state index in [9.17, 15) is 4.79 Å². The third-order valence-electron chi connectivity index (χ3n) is 4.92. The van der Waals surface area contributed by atoms with Crippen LogP contribution in [0.5, 0.6) is 11.5 Å². The van der Waals surface area contributed by atoms with Crippen LogP contribution in [0.4, 0.5) is 11.8 Å². The zero-order valence-electron chi connectivity index (χ0n) is 16.1. The smallest absolute Gasteiger partial charge is 0.227 e. The summed E-state index contributed by atoms with van der Waals surface area (Å²) in [7, 11) is 3.17. The van der Waals surface area contributed by atoms with E-state index in [1.807, 2.05) is 0 Å². The van der Waals surface area contributed by atoms with Crippen molar-refractivity contribution >= 4 is 28.6 Å². The van der Waals surface area contributed by atoms with E-state index in [1.54, 1.807) is 26.4 Å². The number of anilines is 2. The first kappa shape index (κ1) is 19.0. The molecule has 146 valence electrons. The number of hydrogen-bond acceptors (Lipinski definition) is 7. The number of nitrogens with zero attached hydrogens (tertiary/aromatic N) is 3. The number of carbonyl (C=O) groups excluding carboxylic acids is 1. The maximum absolute atomic E-state index is 12.2. The van der Waals surface area contributed by atoms with Gasteiger partial charge in [-0.05, 0) is 25.3 Å². The number of amides is 1. The van der Waals surface area contributed by atoms with Crippen LogP contribution in [0.1, 0.15) is 26.2 Å². The molecule has 3 rings (SSSR count). The summed E-state index contributed by atoms with van der Waals surface area (Å²) in [4.78, 5) is 23.4. The van der Waals surface area contributed by atoms with Gasteiger partial charge in [-0.25, -0.2) is 4.98 Å². The first-order valence-corrected chi connectivity index (χ1v) is 9.29. The Morgan fingerprint density at radius 2 is 1.89 bits per heavy atom. The number of hydrogen-bond donors (Lipinski definition) is 2. The molecule has 8 heteroatoms. The number of benzene rings is 1. The van der Waals surface area contributed by atoms with Gasteiger partial charge in [0.15, 0.2) is 11.5 Å². The second-order valence-corrected chi connectivity index (χ2v) is 6.69. The highest BCUT2D eigenvalue weighted by molar-refractivity contribution is 5.91. The quantitative estimate of drug-likeness (QED) is 0.798. The molecule has 0 unspecified atom stereocenters. The van der Waals surface area contributed by atoms with E-state index in [-0.39, 0.29) is 11.8 Å². The van der Waals surface area contributed by atoms with Crippen molar-refractivity contribution < 1.29 is 14.3 Å². The molecule has 1 saturated heterocycles. The number of carbonyl (C=O) groups is 1. The molecule has 1 amide bonds. The molecular weight excluding hydrogens is 346 g/mol. The van der Waals surface area contributed by atoms with Crippen molar-refractivity contribution in [3.05, 3.63) is 12.1 Å². The minimum absolute atomic E-state index is 0.0509. The normalized spacial score (nSPS) is 15.0. The van der Waals surface area contributed by atoms with E-state index in [0.29, 0.717) is 28.8 Å². The van der Waals surface area contributed by atoms with Crippen LogP contribution in [-0.4, -0.2) is 49.7 Å². The zero-order valence-corrected chi connectivity index (χ0v) is 16.1. The molecule has 1 aliphatic rings. The van der Waals surface area contributed by atoms with E-state index in [1.165, 1.54) is 0 Å². The number of aromatic nitrogens is 2. The van der Waals surface area contributed by atoms with Crippen LogP contribution < -0.4 is 25.4 Å². The summed E-state index contributed by atoms with van der Waals surface area (Å²) in [5, 5.41) is 3.71. The molecule has 27 heavy (non-hydrogen) atoms. The zero-order chi connectivity index (χ0) is 19.4. The van der Waals surface area contributed by atoms with Crippen LogP contribution in [0, 0.1) is 5.92 Å². The summed E-state index contributed by atoms with van der Waals surface area (Å²) in [5.41, 5.74) is 6.88. The number of nitrogen functional groups attached to an aromatic ring is 1. The van der Waals surface area contributed by atoms with Crippen LogP contribution in [-0.2, 0) is 4.79 Å².